The summed E-state index contributed by atoms with van der Waals surface area (Å²) < 4.78 is 5.45. The van der Waals surface area contributed by atoms with Gasteiger partial charge in [-0.1, -0.05) is 37.1 Å². The molecule has 1 fully saturated rings. The average molecular weight is 390 g/mol. The van der Waals surface area contributed by atoms with Crippen LogP contribution in [-0.2, 0) is 9.53 Å². The summed E-state index contributed by atoms with van der Waals surface area (Å²) in [6, 6.07) is 7.87. The smallest absolute Gasteiger partial charge is 0.239 e. The molecule has 2 atom stereocenters. The summed E-state index contributed by atoms with van der Waals surface area (Å²) in [5.41, 5.74) is 6.39. The molecule has 0 spiro atoms. The highest BCUT2D eigenvalue weighted by Crippen LogP contribution is 2.24. The molecular weight excluding hydrogens is 361 g/mol. The molecule has 1 aliphatic rings. The Labute approximate surface area is 161 Å². The lowest BCUT2D eigenvalue weighted by molar-refractivity contribution is -0.126. The van der Waals surface area contributed by atoms with Gasteiger partial charge in [0.2, 0.25) is 5.91 Å². The summed E-state index contributed by atoms with van der Waals surface area (Å²) in [6.07, 6.45) is 1.54. The van der Waals surface area contributed by atoms with Crippen LogP contribution in [0, 0.1) is 0 Å². The van der Waals surface area contributed by atoms with Crippen molar-refractivity contribution in [1.29, 1.82) is 0 Å². The number of hydrogen-bond donors (Lipinski definition) is 2. The summed E-state index contributed by atoms with van der Waals surface area (Å²) in [5.74, 6) is -0.107. The highest BCUT2D eigenvalue weighted by atomic mass is 35.5. The van der Waals surface area contributed by atoms with E-state index in [1.54, 1.807) is 6.92 Å². The zero-order valence-electron chi connectivity index (χ0n) is 15.0. The van der Waals surface area contributed by atoms with Gasteiger partial charge in [-0.3, -0.25) is 9.69 Å². The van der Waals surface area contributed by atoms with E-state index < -0.39 is 5.54 Å². The second kappa shape index (κ2) is 10.3. The van der Waals surface area contributed by atoms with E-state index in [-0.39, 0.29) is 24.4 Å². The van der Waals surface area contributed by atoms with E-state index in [0.717, 1.165) is 25.1 Å². The number of carbonyl (C=O) groups is 1. The maximum absolute atomic E-state index is 12.4. The number of morpholine rings is 1. The summed E-state index contributed by atoms with van der Waals surface area (Å²) in [5, 5.41) is 3.73. The van der Waals surface area contributed by atoms with Gasteiger partial charge in [0.15, 0.2) is 0 Å². The van der Waals surface area contributed by atoms with Gasteiger partial charge in [-0.2, -0.15) is 0 Å². The topological polar surface area (TPSA) is 67.6 Å². The Balaban J connectivity index is 0.00000312. The fourth-order valence-electron chi connectivity index (χ4n) is 3.08. The van der Waals surface area contributed by atoms with Crippen LogP contribution in [0.15, 0.2) is 24.3 Å². The first-order chi connectivity index (χ1) is 11.4. The van der Waals surface area contributed by atoms with Crippen LogP contribution in [0.2, 0.25) is 5.02 Å². The Morgan fingerprint density at radius 2 is 2.12 bits per heavy atom. The van der Waals surface area contributed by atoms with E-state index in [0.29, 0.717) is 31.2 Å². The standard InChI is InChI=1S/C18H28ClN3O2.ClH/c1-3-7-18(2,20)17(23)21-13-16(22-8-10-24-11-9-22)14-5-4-6-15(19)12-14;/h4-6,12,16H,3,7-11,13,20H2,1-2H3,(H,21,23);1H. The Morgan fingerprint density at radius 1 is 1.44 bits per heavy atom. The van der Waals surface area contributed by atoms with Crippen LogP contribution >= 0.6 is 24.0 Å². The maximum atomic E-state index is 12.4. The van der Waals surface area contributed by atoms with Gasteiger partial charge in [-0.15, -0.1) is 12.4 Å². The third-order valence-corrected chi connectivity index (χ3v) is 4.70. The van der Waals surface area contributed by atoms with Crippen LogP contribution in [0.5, 0.6) is 0 Å². The minimum absolute atomic E-state index is 0. The number of benzene rings is 1. The summed E-state index contributed by atoms with van der Waals surface area (Å²) in [6.45, 7) is 7.40. The normalized spacial score (nSPS) is 18.7. The molecule has 7 heteroatoms. The van der Waals surface area contributed by atoms with E-state index >= 15 is 0 Å². The van der Waals surface area contributed by atoms with E-state index in [4.69, 9.17) is 22.1 Å². The first-order valence-electron chi connectivity index (χ1n) is 8.58. The lowest BCUT2D eigenvalue weighted by Gasteiger charge is -2.35. The van der Waals surface area contributed by atoms with Gasteiger partial charge in [0.25, 0.3) is 0 Å². The predicted molar refractivity (Wildman–Crippen MR) is 104 cm³/mol. The van der Waals surface area contributed by atoms with E-state index in [1.807, 2.05) is 31.2 Å². The number of carbonyl (C=O) groups excluding carboxylic acids is 1. The molecule has 1 aromatic rings. The second-order valence-corrected chi connectivity index (χ2v) is 7.03. The van der Waals surface area contributed by atoms with Crippen molar-refractivity contribution in [1.82, 2.24) is 10.2 Å². The Morgan fingerprint density at radius 3 is 2.72 bits per heavy atom. The van der Waals surface area contributed by atoms with Crippen molar-refractivity contribution in [3.8, 4) is 0 Å². The molecule has 1 heterocycles. The van der Waals surface area contributed by atoms with Crippen LogP contribution in [-0.4, -0.2) is 49.2 Å². The molecule has 0 aromatic heterocycles. The van der Waals surface area contributed by atoms with Crippen molar-refractivity contribution in [2.75, 3.05) is 32.8 Å². The molecule has 1 aliphatic heterocycles. The summed E-state index contributed by atoms with van der Waals surface area (Å²) in [4.78, 5) is 14.8. The molecule has 142 valence electrons. The molecule has 1 amide bonds. The first kappa shape index (κ1) is 22.2. The predicted octanol–water partition coefficient (Wildman–Crippen LogP) is 2.77. The number of nitrogens with two attached hydrogens (primary N) is 1. The summed E-state index contributed by atoms with van der Waals surface area (Å²) in [7, 11) is 0. The van der Waals surface area contributed by atoms with Crippen LogP contribution in [0.25, 0.3) is 0 Å². The van der Waals surface area contributed by atoms with E-state index in [1.165, 1.54) is 0 Å². The number of ether oxygens (including phenoxy) is 1. The van der Waals surface area contributed by atoms with Crippen molar-refractivity contribution < 1.29 is 9.53 Å². The number of nitrogens with one attached hydrogen (secondary N) is 1. The second-order valence-electron chi connectivity index (χ2n) is 6.60. The van der Waals surface area contributed by atoms with Crippen LogP contribution in [0.3, 0.4) is 0 Å². The lowest BCUT2D eigenvalue weighted by Crippen LogP contribution is -2.53. The minimum Gasteiger partial charge on any atom is -0.379 e. The number of rotatable bonds is 7. The number of hydrogen-bond acceptors (Lipinski definition) is 4. The molecule has 1 saturated heterocycles. The van der Waals surface area contributed by atoms with Gasteiger partial charge >= 0.3 is 0 Å². The molecule has 0 aliphatic carbocycles. The highest BCUT2D eigenvalue weighted by molar-refractivity contribution is 6.30. The SMILES string of the molecule is CCCC(C)(N)C(=O)NCC(c1cccc(Cl)c1)N1CCOCC1.Cl. The molecule has 25 heavy (non-hydrogen) atoms. The fraction of sp³-hybridized carbons (Fsp3) is 0.611. The molecule has 2 unspecified atom stereocenters. The Bertz CT molecular complexity index is 549. The Hall–Kier alpha value is -0.850. The number of nitrogens with zero attached hydrogens (tertiary/aromatic N) is 1. The molecule has 0 bridgehead atoms. The molecule has 0 radical (unpaired) electrons. The number of amides is 1. The zero-order valence-corrected chi connectivity index (χ0v) is 16.5. The van der Waals surface area contributed by atoms with Crippen molar-refractivity contribution in [3.63, 3.8) is 0 Å². The van der Waals surface area contributed by atoms with Gasteiger partial charge < -0.3 is 15.8 Å². The van der Waals surface area contributed by atoms with Crippen molar-refractivity contribution in [2.45, 2.75) is 38.3 Å². The van der Waals surface area contributed by atoms with Crippen LogP contribution in [0.4, 0.5) is 0 Å². The Kier molecular flexibility index (Phi) is 9.17. The summed E-state index contributed by atoms with van der Waals surface area (Å²) >= 11 is 6.15. The monoisotopic (exact) mass is 389 g/mol. The quantitative estimate of drug-likeness (QED) is 0.751. The largest absolute Gasteiger partial charge is 0.379 e. The van der Waals surface area contributed by atoms with Gasteiger partial charge in [0.1, 0.15) is 0 Å². The number of halogens is 2. The minimum atomic E-state index is -0.835. The van der Waals surface area contributed by atoms with Gasteiger partial charge in [0.05, 0.1) is 24.8 Å². The molecule has 3 N–H and O–H groups in total. The molecule has 0 saturated carbocycles. The van der Waals surface area contributed by atoms with Gasteiger partial charge in [-0.05, 0) is 31.0 Å². The first-order valence-corrected chi connectivity index (χ1v) is 8.96. The zero-order chi connectivity index (χ0) is 17.6. The third kappa shape index (κ3) is 6.42. The molecular formula is C18H29Cl2N3O2. The molecule has 1 aromatic carbocycles. The van der Waals surface area contributed by atoms with Crippen molar-refractivity contribution >= 4 is 29.9 Å². The highest BCUT2D eigenvalue weighted by Gasteiger charge is 2.29. The average Bonchev–Trinajstić information content (AvgIpc) is 2.56. The maximum Gasteiger partial charge on any atom is 0.239 e. The van der Waals surface area contributed by atoms with E-state index in [2.05, 4.69) is 10.2 Å². The lowest BCUT2D eigenvalue weighted by atomic mass is 9.96. The molecule has 2 rings (SSSR count). The van der Waals surface area contributed by atoms with Gasteiger partial charge in [-0.25, -0.2) is 0 Å². The van der Waals surface area contributed by atoms with E-state index in [9.17, 15) is 4.79 Å². The van der Waals surface area contributed by atoms with Crippen molar-refractivity contribution in [3.05, 3.63) is 34.9 Å². The van der Waals surface area contributed by atoms with Crippen LogP contribution < -0.4 is 11.1 Å². The third-order valence-electron chi connectivity index (χ3n) is 4.46. The van der Waals surface area contributed by atoms with Crippen LogP contribution in [0.1, 0.15) is 38.3 Å². The fourth-order valence-corrected chi connectivity index (χ4v) is 3.28. The molecule has 5 nitrogen and oxygen atoms in total. The van der Waals surface area contributed by atoms with Gasteiger partial charge in [0, 0.05) is 24.7 Å². The van der Waals surface area contributed by atoms with Crippen molar-refractivity contribution in [2.24, 2.45) is 5.73 Å².